The van der Waals surface area contributed by atoms with Gasteiger partial charge >= 0.3 is 0 Å². The van der Waals surface area contributed by atoms with Gasteiger partial charge in [0, 0.05) is 6.04 Å². The molecule has 5 atom stereocenters. The largest absolute Gasteiger partial charge is 0.343 e. The van der Waals surface area contributed by atoms with E-state index in [0.29, 0.717) is 17.8 Å². The quantitative estimate of drug-likeness (QED) is 0.861. The number of nitrogens with one attached hydrogen (secondary N) is 1. The molecule has 4 nitrogen and oxygen atoms in total. The highest BCUT2D eigenvalue weighted by atomic mass is 16.2. The molecule has 2 fully saturated rings. The third-order valence-corrected chi connectivity index (χ3v) is 5.15. The maximum Gasteiger partial charge on any atom is 0.246 e. The Morgan fingerprint density at radius 3 is 2.35 bits per heavy atom. The topological polar surface area (TPSA) is 49.4 Å². The summed E-state index contributed by atoms with van der Waals surface area (Å²) < 4.78 is 0. The lowest BCUT2D eigenvalue weighted by Gasteiger charge is -2.43. The summed E-state index contributed by atoms with van der Waals surface area (Å²) in [6.45, 7) is 10.5. The molecule has 20 heavy (non-hydrogen) atoms. The number of carbonyl (C=O) groups is 2. The van der Waals surface area contributed by atoms with Gasteiger partial charge in [0.05, 0.1) is 0 Å². The van der Waals surface area contributed by atoms with Crippen molar-refractivity contribution in [3.63, 3.8) is 0 Å². The molecule has 1 aliphatic carbocycles. The molecule has 1 aliphatic heterocycles. The van der Waals surface area contributed by atoms with Crippen LogP contribution in [-0.4, -0.2) is 34.8 Å². The monoisotopic (exact) mass is 280 g/mol. The number of nitrogens with zero attached hydrogens (tertiary/aromatic N) is 1. The Hall–Kier alpha value is -1.06. The van der Waals surface area contributed by atoms with Crippen LogP contribution in [0.4, 0.5) is 0 Å². The molecular formula is C16H28N2O2. The van der Waals surface area contributed by atoms with Crippen molar-refractivity contribution in [1.29, 1.82) is 0 Å². The van der Waals surface area contributed by atoms with Crippen LogP contribution in [-0.2, 0) is 9.59 Å². The summed E-state index contributed by atoms with van der Waals surface area (Å²) in [6.07, 6.45) is 2.91. The van der Waals surface area contributed by atoms with Crippen LogP contribution < -0.4 is 5.32 Å². The van der Waals surface area contributed by atoms with E-state index in [1.807, 2.05) is 11.8 Å². The van der Waals surface area contributed by atoms with Gasteiger partial charge in [0.1, 0.15) is 12.1 Å². The Balaban J connectivity index is 2.20. The highest BCUT2D eigenvalue weighted by Crippen LogP contribution is 2.36. The van der Waals surface area contributed by atoms with Crippen LogP contribution in [0.2, 0.25) is 0 Å². The zero-order valence-corrected chi connectivity index (χ0v) is 13.3. The first-order valence-electron chi connectivity index (χ1n) is 7.95. The van der Waals surface area contributed by atoms with Crippen molar-refractivity contribution < 1.29 is 9.59 Å². The average molecular weight is 280 g/mol. The van der Waals surface area contributed by atoms with E-state index in [-0.39, 0.29) is 29.9 Å². The molecular weight excluding hydrogens is 252 g/mol. The van der Waals surface area contributed by atoms with E-state index in [9.17, 15) is 9.59 Å². The lowest BCUT2D eigenvalue weighted by Crippen LogP contribution is -2.65. The maximum atomic E-state index is 12.8. The van der Waals surface area contributed by atoms with E-state index in [0.717, 1.165) is 19.3 Å². The number of piperazine rings is 1. The predicted octanol–water partition coefficient (Wildman–Crippen LogP) is 2.18. The molecule has 5 unspecified atom stereocenters. The highest BCUT2D eigenvalue weighted by Gasteiger charge is 2.45. The van der Waals surface area contributed by atoms with Crippen molar-refractivity contribution in [2.24, 2.45) is 17.8 Å². The number of carbonyl (C=O) groups excluding carboxylic acids is 2. The average Bonchev–Trinajstić information content (AvgIpc) is 2.68. The van der Waals surface area contributed by atoms with Crippen LogP contribution >= 0.6 is 0 Å². The molecule has 1 saturated heterocycles. The Morgan fingerprint density at radius 1 is 1.20 bits per heavy atom. The molecule has 1 heterocycles. The third-order valence-electron chi connectivity index (χ3n) is 5.15. The fourth-order valence-electron chi connectivity index (χ4n) is 3.66. The molecule has 2 aliphatic rings. The molecule has 4 heteroatoms. The number of amides is 2. The molecule has 0 aromatic rings. The van der Waals surface area contributed by atoms with Gasteiger partial charge in [-0.3, -0.25) is 9.59 Å². The second kappa shape index (κ2) is 5.74. The molecule has 1 saturated carbocycles. The van der Waals surface area contributed by atoms with Crippen molar-refractivity contribution >= 4 is 11.8 Å². The molecule has 1 N–H and O–H groups in total. The van der Waals surface area contributed by atoms with E-state index in [4.69, 9.17) is 0 Å². The second-order valence-electron chi connectivity index (χ2n) is 7.09. The summed E-state index contributed by atoms with van der Waals surface area (Å²) in [4.78, 5) is 26.8. The molecule has 0 bridgehead atoms. The van der Waals surface area contributed by atoms with Gasteiger partial charge in [0.2, 0.25) is 11.8 Å². The number of hydrogen-bond donors (Lipinski definition) is 1. The standard InChI is InChI=1S/C16H28N2O2/c1-9(2)8-13-16(20)18(12(5)15(19)17-13)14-7-6-10(3)11(14)4/h9-14H,6-8H2,1-5H3,(H,17,19). The third kappa shape index (κ3) is 2.70. The van der Waals surface area contributed by atoms with Gasteiger partial charge in [-0.25, -0.2) is 0 Å². The Kier molecular flexibility index (Phi) is 4.40. The summed E-state index contributed by atoms with van der Waals surface area (Å²) >= 11 is 0. The summed E-state index contributed by atoms with van der Waals surface area (Å²) in [5.41, 5.74) is 0. The van der Waals surface area contributed by atoms with Crippen LogP contribution in [0.1, 0.15) is 53.9 Å². The van der Waals surface area contributed by atoms with Crippen LogP contribution in [0.25, 0.3) is 0 Å². The Bertz CT molecular complexity index is 394. The zero-order valence-electron chi connectivity index (χ0n) is 13.3. The van der Waals surface area contributed by atoms with Gasteiger partial charge in [-0.1, -0.05) is 27.7 Å². The Morgan fingerprint density at radius 2 is 1.85 bits per heavy atom. The van der Waals surface area contributed by atoms with Crippen molar-refractivity contribution in [3.8, 4) is 0 Å². The van der Waals surface area contributed by atoms with Gasteiger partial charge in [-0.2, -0.15) is 0 Å². The maximum absolute atomic E-state index is 12.8. The van der Waals surface area contributed by atoms with Crippen molar-refractivity contribution in [1.82, 2.24) is 10.2 Å². The summed E-state index contributed by atoms with van der Waals surface area (Å²) in [5.74, 6) is 1.64. The van der Waals surface area contributed by atoms with Crippen LogP contribution in [0.15, 0.2) is 0 Å². The predicted molar refractivity (Wildman–Crippen MR) is 79.0 cm³/mol. The van der Waals surface area contributed by atoms with E-state index in [1.54, 1.807) is 0 Å². The second-order valence-corrected chi connectivity index (χ2v) is 7.09. The van der Waals surface area contributed by atoms with Crippen LogP contribution in [0, 0.1) is 17.8 Å². The van der Waals surface area contributed by atoms with E-state index in [2.05, 4.69) is 33.0 Å². The minimum Gasteiger partial charge on any atom is -0.343 e. The Labute approximate surface area is 122 Å². The normalized spacial score (nSPS) is 38.5. The number of rotatable bonds is 3. The number of hydrogen-bond acceptors (Lipinski definition) is 2. The highest BCUT2D eigenvalue weighted by molar-refractivity contribution is 5.97. The fraction of sp³-hybridized carbons (Fsp3) is 0.875. The SMILES string of the molecule is CC(C)CC1NC(=O)C(C)N(C2CCC(C)C2C)C1=O. The minimum absolute atomic E-state index is 0.00185. The minimum atomic E-state index is -0.332. The first-order chi connectivity index (χ1) is 9.32. The molecule has 2 rings (SSSR count). The molecule has 0 aromatic heterocycles. The van der Waals surface area contributed by atoms with Crippen molar-refractivity contribution in [2.75, 3.05) is 0 Å². The van der Waals surface area contributed by atoms with Crippen molar-refractivity contribution in [2.45, 2.75) is 72.0 Å². The summed E-state index contributed by atoms with van der Waals surface area (Å²) in [7, 11) is 0. The lowest BCUT2D eigenvalue weighted by atomic mass is 9.92. The summed E-state index contributed by atoms with van der Waals surface area (Å²) in [5, 5.41) is 2.90. The zero-order chi connectivity index (χ0) is 15.0. The van der Waals surface area contributed by atoms with Crippen molar-refractivity contribution in [3.05, 3.63) is 0 Å². The van der Waals surface area contributed by atoms with Crippen LogP contribution in [0.3, 0.4) is 0 Å². The van der Waals surface area contributed by atoms with Crippen LogP contribution in [0.5, 0.6) is 0 Å². The van der Waals surface area contributed by atoms with Gasteiger partial charge in [0.25, 0.3) is 0 Å². The first kappa shape index (κ1) is 15.3. The lowest BCUT2D eigenvalue weighted by molar-refractivity contribution is -0.152. The smallest absolute Gasteiger partial charge is 0.246 e. The van der Waals surface area contributed by atoms with E-state index < -0.39 is 0 Å². The summed E-state index contributed by atoms with van der Waals surface area (Å²) in [6, 6.07) is -0.432. The van der Waals surface area contributed by atoms with E-state index >= 15 is 0 Å². The molecule has 0 spiro atoms. The molecule has 114 valence electrons. The van der Waals surface area contributed by atoms with Gasteiger partial charge in [-0.15, -0.1) is 0 Å². The molecule has 2 amide bonds. The van der Waals surface area contributed by atoms with Gasteiger partial charge in [0.15, 0.2) is 0 Å². The van der Waals surface area contributed by atoms with Gasteiger partial charge < -0.3 is 10.2 Å². The first-order valence-corrected chi connectivity index (χ1v) is 7.95. The van der Waals surface area contributed by atoms with Gasteiger partial charge in [-0.05, 0) is 43.9 Å². The molecule has 0 radical (unpaired) electrons. The fourth-order valence-corrected chi connectivity index (χ4v) is 3.66. The van der Waals surface area contributed by atoms with E-state index in [1.165, 1.54) is 0 Å². The molecule has 0 aromatic carbocycles.